The second-order valence-corrected chi connectivity index (χ2v) is 4.83. The molecule has 3 unspecified atom stereocenters. The third-order valence-electron chi connectivity index (χ3n) is 3.01. The van der Waals surface area contributed by atoms with Gasteiger partial charge in [0.15, 0.2) is 0 Å². The zero-order chi connectivity index (χ0) is 12.8. The van der Waals surface area contributed by atoms with E-state index in [1.54, 1.807) is 0 Å². The van der Waals surface area contributed by atoms with Crippen LogP contribution in [0.1, 0.15) is 31.9 Å². The van der Waals surface area contributed by atoms with Crippen molar-refractivity contribution in [3.8, 4) is 0 Å². The summed E-state index contributed by atoms with van der Waals surface area (Å²) in [6, 6.07) is 10.6. The smallest absolute Gasteiger partial charge is 0.0524 e. The summed E-state index contributed by atoms with van der Waals surface area (Å²) < 4.78 is 0. The summed E-state index contributed by atoms with van der Waals surface area (Å²) in [5, 5.41) is 9.33. The molecule has 3 nitrogen and oxygen atoms in total. The van der Waals surface area contributed by atoms with E-state index in [0.717, 1.165) is 13.0 Å². The van der Waals surface area contributed by atoms with Crippen molar-refractivity contribution in [3.63, 3.8) is 0 Å². The molecule has 0 aliphatic carbocycles. The predicted octanol–water partition coefficient (Wildman–Crippen LogP) is 1.78. The average Bonchev–Trinajstić information content (AvgIpc) is 2.27. The van der Waals surface area contributed by atoms with Crippen LogP contribution in [0.25, 0.3) is 0 Å². The Morgan fingerprint density at radius 3 is 2.29 bits per heavy atom. The lowest BCUT2D eigenvalue weighted by Crippen LogP contribution is -2.38. The molecule has 3 atom stereocenters. The van der Waals surface area contributed by atoms with Crippen molar-refractivity contribution in [1.82, 2.24) is 4.90 Å². The van der Waals surface area contributed by atoms with Gasteiger partial charge < -0.3 is 10.8 Å². The first-order valence-corrected chi connectivity index (χ1v) is 6.21. The Hall–Kier alpha value is -0.900. The molecule has 0 amide bonds. The largest absolute Gasteiger partial charge is 0.393 e. The zero-order valence-electron chi connectivity index (χ0n) is 11.0. The molecule has 3 N–H and O–H groups in total. The fraction of sp³-hybridized carbons (Fsp3) is 0.571. The molecule has 0 heterocycles. The summed E-state index contributed by atoms with van der Waals surface area (Å²) in [6.45, 7) is 4.69. The Morgan fingerprint density at radius 2 is 1.82 bits per heavy atom. The van der Waals surface area contributed by atoms with Crippen molar-refractivity contribution < 1.29 is 5.11 Å². The molecule has 0 fully saturated rings. The quantitative estimate of drug-likeness (QED) is 0.791. The number of hydrogen-bond donors (Lipinski definition) is 2. The molecule has 0 radical (unpaired) electrons. The first kappa shape index (κ1) is 14.2. The van der Waals surface area contributed by atoms with Gasteiger partial charge in [-0.25, -0.2) is 0 Å². The molecular weight excluding hydrogens is 212 g/mol. The number of likely N-dealkylation sites (N-methyl/N-ethyl adjacent to an activating group) is 1. The molecule has 0 saturated heterocycles. The number of aliphatic hydroxyl groups excluding tert-OH is 1. The predicted molar refractivity (Wildman–Crippen MR) is 71.8 cm³/mol. The molecule has 1 aromatic carbocycles. The van der Waals surface area contributed by atoms with E-state index >= 15 is 0 Å². The monoisotopic (exact) mass is 236 g/mol. The number of rotatable bonds is 6. The highest BCUT2D eigenvalue weighted by atomic mass is 16.3. The molecule has 0 aliphatic heterocycles. The molecule has 0 saturated carbocycles. The molecule has 0 spiro atoms. The van der Waals surface area contributed by atoms with E-state index in [9.17, 15) is 5.11 Å². The van der Waals surface area contributed by atoms with Gasteiger partial charge in [0.1, 0.15) is 0 Å². The van der Waals surface area contributed by atoms with Crippen molar-refractivity contribution in [2.75, 3.05) is 13.6 Å². The first-order valence-electron chi connectivity index (χ1n) is 6.21. The minimum absolute atomic E-state index is 0.0661. The topological polar surface area (TPSA) is 49.5 Å². The molecular formula is C14H24N2O. The van der Waals surface area contributed by atoms with Gasteiger partial charge >= 0.3 is 0 Å². The maximum Gasteiger partial charge on any atom is 0.0524 e. The Kier molecular flexibility index (Phi) is 5.62. The van der Waals surface area contributed by atoms with Gasteiger partial charge in [0.25, 0.3) is 0 Å². The number of benzene rings is 1. The molecule has 17 heavy (non-hydrogen) atoms. The lowest BCUT2D eigenvalue weighted by molar-refractivity contribution is 0.143. The van der Waals surface area contributed by atoms with Gasteiger partial charge in [-0.2, -0.15) is 0 Å². The zero-order valence-corrected chi connectivity index (χ0v) is 11.0. The molecule has 0 aliphatic rings. The highest BCUT2D eigenvalue weighted by Crippen LogP contribution is 2.22. The molecule has 96 valence electrons. The Labute approximate surface area is 104 Å². The van der Waals surface area contributed by atoms with Crippen LogP contribution >= 0.6 is 0 Å². The van der Waals surface area contributed by atoms with Crippen LogP contribution in [0.2, 0.25) is 0 Å². The Bertz CT molecular complexity index is 311. The van der Waals surface area contributed by atoms with Crippen LogP contribution in [0.4, 0.5) is 0 Å². The molecule has 1 aromatic rings. The van der Waals surface area contributed by atoms with Crippen molar-refractivity contribution in [3.05, 3.63) is 35.9 Å². The van der Waals surface area contributed by atoms with Crippen LogP contribution in [0.15, 0.2) is 30.3 Å². The summed E-state index contributed by atoms with van der Waals surface area (Å²) in [7, 11) is 2.06. The van der Waals surface area contributed by atoms with Crippen LogP contribution < -0.4 is 5.73 Å². The third kappa shape index (κ3) is 4.46. The highest BCUT2D eigenvalue weighted by molar-refractivity contribution is 5.20. The van der Waals surface area contributed by atoms with E-state index in [2.05, 4.69) is 24.1 Å². The molecule has 0 bridgehead atoms. The summed E-state index contributed by atoms with van der Waals surface area (Å²) in [5.41, 5.74) is 7.30. The van der Waals surface area contributed by atoms with E-state index in [1.807, 2.05) is 32.0 Å². The minimum Gasteiger partial charge on any atom is -0.393 e. The average molecular weight is 236 g/mol. The van der Waals surface area contributed by atoms with Gasteiger partial charge in [-0.05, 0) is 32.9 Å². The SMILES string of the molecule is CC(O)CCN(C)C(c1ccccc1)C(C)N. The second kappa shape index (κ2) is 6.74. The van der Waals surface area contributed by atoms with Gasteiger partial charge in [-0.3, -0.25) is 4.90 Å². The molecule has 0 aromatic heterocycles. The van der Waals surface area contributed by atoms with Crippen molar-refractivity contribution in [1.29, 1.82) is 0 Å². The summed E-state index contributed by atoms with van der Waals surface area (Å²) in [5.74, 6) is 0. The van der Waals surface area contributed by atoms with Gasteiger partial charge in [-0.15, -0.1) is 0 Å². The number of aliphatic hydroxyl groups is 1. The van der Waals surface area contributed by atoms with Gasteiger partial charge in [0.2, 0.25) is 0 Å². The van der Waals surface area contributed by atoms with Gasteiger partial charge in [0, 0.05) is 18.6 Å². The first-order chi connectivity index (χ1) is 8.02. The summed E-state index contributed by atoms with van der Waals surface area (Å²) in [6.07, 6.45) is 0.508. The van der Waals surface area contributed by atoms with Crippen molar-refractivity contribution in [2.24, 2.45) is 5.73 Å². The maximum absolute atomic E-state index is 9.33. The molecule has 1 rings (SSSR count). The van der Waals surface area contributed by atoms with E-state index < -0.39 is 0 Å². The van der Waals surface area contributed by atoms with Crippen molar-refractivity contribution in [2.45, 2.75) is 38.5 Å². The summed E-state index contributed by atoms with van der Waals surface area (Å²) in [4.78, 5) is 2.22. The lowest BCUT2D eigenvalue weighted by atomic mass is 9.99. The third-order valence-corrected chi connectivity index (χ3v) is 3.01. The van der Waals surface area contributed by atoms with Crippen LogP contribution in [0.3, 0.4) is 0 Å². The Morgan fingerprint density at radius 1 is 1.24 bits per heavy atom. The van der Waals surface area contributed by atoms with Crippen molar-refractivity contribution >= 4 is 0 Å². The maximum atomic E-state index is 9.33. The fourth-order valence-corrected chi connectivity index (χ4v) is 2.14. The van der Waals surface area contributed by atoms with Crippen LogP contribution in [-0.4, -0.2) is 35.7 Å². The van der Waals surface area contributed by atoms with Gasteiger partial charge in [0.05, 0.1) is 6.10 Å². The standard InChI is InChI=1S/C14H24N2O/c1-11(17)9-10-16(3)14(12(2)15)13-7-5-4-6-8-13/h4-8,11-12,14,17H,9-10,15H2,1-3H3. The van der Waals surface area contributed by atoms with E-state index in [-0.39, 0.29) is 18.2 Å². The highest BCUT2D eigenvalue weighted by Gasteiger charge is 2.20. The van der Waals surface area contributed by atoms with Crippen LogP contribution in [0.5, 0.6) is 0 Å². The number of hydrogen-bond acceptors (Lipinski definition) is 3. The summed E-state index contributed by atoms with van der Waals surface area (Å²) >= 11 is 0. The van der Waals surface area contributed by atoms with Crippen LogP contribution in [-0.2, 0) is 0 Å². The van der Waals surface area contributed by atoms with Crippen LogP contribution in [0, 0.1) is 0 Å². The molecule has 3 heteroatoms. The minimum atomic E-state index is -0.262. The van der Waals surface area contributed by atoms with E-state index in [1.165, 1.54) is 5.56 Å². The lowest BCUT2D eigenvalue weighted by Gasteiger charge is -2.31. The number of nitrogens with zero attached hydrogens (tertiary/aromatic N) is 1. The normalized spacial score (nSPS) is 16.8. The second-order valence-electron chi connectivity index (χ2n) is 4.83. The fourth-order valence-electron chi connectivity index (χ4n) is 2.14. The Balaban J connectivity index is 2.72. The van der Waals surface area contributed by atoms with E-state index in [4.69, 9.17) is 5.73 Å². The van der Waals surface area contributed by atoms with Gasteiger partial charge in [-0.1, -0.05) is 30.3 Å². The number of nitrogens with two attached hydrogens (primary N) is 1. The van der Waals surface area contributed by atoms with E-state index in [0.29, 0.717) is 0 Å².